The van der Waals surface area contributed by atoms with Crippen molar-refractivity contribution in [2.45, 2.75) is 26.0 Å². The Balaban J connectivity index is 1.31. The molecule has 1 amide bonds. The number of hydrogen-bond donors (Lipinski definition) is 1. The van der Waals surface area contributed by atoms with E-state index in [1.807, 2.05) is 24.0 Å². The quantitative estimate of drug-likeness (QED) is 0.800. The van der Waals surface area contributed by atoms with Crippen LogP contribution in [0, 0.1) is 5.82 Å². The summed E-state index contributed by atoms with van der Waals surface area (Å²) >= 11 is 0. The number of ether oxygens (including phenoxy) is 3. The van der Waals surface area contributed by atoms with E-state index in [1.165, 1.54) is 16.5 Å². The standard InChI is InChI=1S/C22H25FN2O4/c1-2-18(29-19-6-4-3-5-17(19)23)22(26)25-11-9-24(10-12-25)14-16-7-8-20-21(13-16)28-15-27-20/h3-8,13,18H,2,9-12,14-15H2,1H3/p+1/t18-/m1/s1. The molecule has 2 aromatic carbocycles. The third-order valence-corrected chi connectivity index (χ3v) is 5.43. The average Bonchev–Trinajstić information content (AvgIpc) is 3.21. The number of hydrogen-bond acceptors (Lipinski definition) is 4. The highest BCUT2D eigenvalue weighted by molar-refractivity contribution is 5.81. The molecule has 0 radical (unpaired) electrons. The number of nitrogens with one attached hydrogen (secondary N) is 1. The minimum Gasteiger partial charge on any atom is -0.478 e. The molecule has 0 bridgehead atoms. The Bertz CT molecular complexity index is 868. The van der Waals surface area contributed by atoms with Gasteiger partial charge in [0.15, 0.2) is 29.2 Å². The maximum atomic E-state index is 13.9. The SMILES string of the molecule is CC[C@@H](Oc1ccccc1F)C(=O)N1CC[NH+](Cc2ccc3c(c2)OCO3)CC1. The topological polar surface area (TPSA) is 52.4 Å². The summed E-state index contributed by atoms with van der Waals surface area (Å²) in [7, 11) is 0. The lowest BCUT2D eigenvalue weighted by atomic mass is 10.1. The van der Waals surface area contributed by atoms with Gasteiger partial charge in [-0.1, -0.05) is 19.1 Å². The Hall–Kier alpha value is -2.80. The number of nitrogens with zero attached hydrogens (tertiary/aromatic N) is 1. The molecule has 0 unspecified atom stereocenters. The van der Waals surface area contributed by atoms with E-state index in [1.54, 1.807) is 18.2 Å². The van der Waals surface area contributed by atoms with E-state index in [4.69, 9.17) is 14.2 Å². The summed E-state index contributed by atoms with van der Waals surface area (Å²) in [4.78, 5) is 16.1. The first-order valence-corrected chi connectivity index (χ1v) is 10.1. The molecule has 2 heterocycles. The highest BCUT2D eigenvalue weighted by atomic mass is 19.1. The molecule has 2 aromatic rings. The van der Waals surface area contributed by atoms with Crippen molar-refractivity contribution in [1.29, 1.82) is 0 Å². The second kappa shape index (κ2) is 8.69. The average molecular weight is 401 g/mol. The zero-order valence-electron chi connectivity index (χ0n) is 16.5. The smallest absolute Gasteiger partial charge is 0.264 e. The van der Waals surface area contributed by atoms with E-state index >= 15 is 0 Å². The van der Waals surface area contributed by atoms with Gasteiger partial charge in [0.2, 0.25) is 6.79 Å². The van der Waals surface area contributed by atoms with Crippen molar-refractivity contribution in [2.75, 3.05) is 33.0 Å². The van der Waals surface area contributed by atoms with Crippen LogP contribution in [0.5, 0.6) is 17.2 Å². The fraction of sp³-hybridized carbons (Fsp3) is 0.409. The molecular weight excluding hydrogens is 375 g/mol. The number of amides is 1. The van der Waals surface area contributed by atoms with Gasteiger partial charge in [-0.05, 0) is 36.8 Å². The first kappa shape index (κ1) is 19.5. The van der Waals surface area contributed by atoms with E-state index in [0.29, 0.717) is 19.5 Å². The van der Waals surface area contributed by atoms with Crippen molar-refractivity contribution in [3.8, 4) is 17.2 Å². The molecule has 0 aliphatic carbocycles. The molecule has 154 valence electrons. The molecule has 6 nitrogen and oxygen atoms in total. The molecule has 4 rings (SSSR count). The minimum atomic E-state index is -0.665. The highest BCUT2D eigenvalue weighted by Crippen LogP contribution is 2.32. The van der Waals surface area contributed by atoms with Crippen molar-refractivity contribution < 1.29 is 28.3 Å². The van der Waals surface area contributed by atoms with Gasteiger partial charge in [-0.3, -0.25) is 4.79 Å². The molecule has 1 atom stereocenters. The summed E-state index contributed by atoms with van der Waals surface area (Å²) in [6.45, 7) is 6.07. The van der Waals surface area contributed by atoms with Crippen molar-refractivity contribution >= 4 is 5.91 Å². The summed E-state index contributed by atoms with van der Waals surface area (Å²) in [6.07, 6.45) is -0.167. The monoisotopic (exact) mass is 401 g/mol. The van der Waals surface area contributed by atoms with E-state index < -0.39 is 11.9 Å². The van der Waals surface area contributed by atoms with Crippen molar-refractivity contribution in [3.63, 3.8) is 0 Å². The van der Waals surface area contributed by atoms with Crippen molar-refractivity contribution in [3.05, 3.63) is 53.8 Å². The Morgan fingerprint density at radius 1 is 1.17 bits per heavy atom. The number of benzene rings is 2. The van der Waals surface area contributed by atoms with Gasteiger partial charge in [0.05, 0.1) is 26.2 Å². The summed E-state index contributed by atoms with van der Waals surface area (Å²) < 4.78 is 30.3. The van der Waals surface area contributed by atoms with Gasteiger partial charge < -0.3 is 24.0 Å². The largest absolute Gasteiger partial charge is 0.478 e. The van der Waals surface area contributed by atoms with Crippen molar-refractivity contribution in [1.82, 2.24) is 4.90 Å². The number of quaternary nitrogens is 1. The number of carbonyl (C=O) groups excluding carboxylic acids is 1. The van der Waals surface area contributed by atoms with Crippen LogP contribution in [0.2, 0.25) is 0 Å². The molecule has 2 aliphatic rings. The van der Waals surface area contributed by atoms with Crippen LogP contribution in [0.3, 0.4) is 0 Å². The highest BCUT2D eigenvalue weighted by Gasteiger charge is 2.30. The molecule has 29 heavy (non-hydrogen) atoms. The van der Waals surface area contributed by atoms with E-state index in [2.05, 4.69) is 6.07 Å². The Labute approximate surface area is 169 Å². The number of halogens is 1. The number of piperazine rings is 1. The van der Waals surface area contributed by atoms with Gasteiger partial charge >= 0.3 is 0 Å². The van der Waals surface area contributed by atoms with Crippen molar-refractivity contribution in [2.24, 2.45) is 0 Å². The van der Waals surface area contributed by atoms with Gasteiger partial charge in [0, 0.05) is 5.56 Å². The molecule has 2 aliphatic heterocycles. The molecule has 0 saturated carbocycles. The summed E-state index contributed by atoms with van der Waals surface area (Å²) in [6, 6.07) is 12.2. The van der Waals surface area contributed by atoms with E-state index in [0.717, 1.165) is 31.1 Å². The zero-order valence-corrected chi connectivity index (χ0v) is 16.5. The van der Waals surface area contributed by atoms with Crippen LogP contribution in [-0.4, -0.2) is 49.9 Å². The lowest BCUT2D eigenvalue weighted by Gasteiger charge is -2.34. The third kappa shape index (κ3) is 4.45. The fourth-order valence-corrected chi connectivity index (χ4v) is 3.77. The van der Waals surface area contributed by atoms with Crippen LogP contribution in [0.1, 0.15) is 18.9 Å². The lowest BCUT2D eigenvalue weighted by molar-refractivity contribution is -0.917. The maximum Gasteiger partial charge on any atom is 0.264 e. The van der Waals surface area contributed by atoms with E-state index in [9.17, 15) is 9.18 Å². The molecule has 7 heteroatoms. The predicted octanol–water partition coefficient (Wildman–Crippen LogP) is 1.64. The summed E-state index contributed by atoms with van der Waals surface area (Å²) in [5.41, 5.74) is 1.19. The van der Waals surface area contributed by atoms with Crippen LogP contribution in [0.4, 0.5) is 4.39 Å². The van der Waals surface area contributed by atoms with Crippen LogP contribution in [0.25, 0.3) is 0 Å². The minimum absolute atomic E-state index is 0.0714. The second-order valence-electron chi connectivity index (χ2n) is 7.38. The van der Waals surface area contributed by atoms with Crippen LogP contribution in [-0.2, 0) is 11.3 Å². The molecule has 1 N–H and O–H groups in total. The second-order valence-corrected chi connectivity index (χ2v) is 7.38. The number of fused-ring (bicyclic) bond motifs is 1. The number of para-hydroxylation sites is 1. The maximum absolute atomic E-state index is 13.9. The molecule has 1 saturated heterocycles. The zero-order chi connectivity index (χ0) is 20.2. The van der Waals surface area contributed by atoms with Crippen LogP contribution >= 0.6 is 0 Å². The van der Waals surface area contributed by atoms with Gasteiger partial charge in [-0.15, -0.1) is 0 Å². The first-order chi connectivity index (χ1) is 14.1. The normalized spacial score (nSPS) is 17.2. The Morgan fingerprint density at radius 2 is 1.93 bits per heavy atom. The molecule has 0 aromatic heterocycles. The molecular formula is C22H26FN2O4+. The number of rotatable bonds is 6. The Morgan fingerprint density at radius 3 is 2.69 bits per heavy atom. The predicted molar refractivity (Wildman–Crippen MR) is 105 cm³/mol. The first-order valence-electron chi connectivity index (χ1n) is 10.1. The fourth-order valence-electron chi connectivity index (χ4n) is 3.77. The van der Waals surface area contributed by atoms with Gasteiger partial charge in [-0.25, -0.2) is 4.39 Å². The van der Waals surface area contributed by atoms with Gasteiger partial charge in [0.1, 0.15) is 6.54 Å². The number of carbonyl (C=O) groups is 1. The van der Waals surface area contributed by atoms with Crippen LogP contribution < -0.4 is 19.1 Å². The lowest BCUT2D eigenvalue weighted by Crippen LogP contribution is -3.13. The van der Waals surface area contributed by atoms with Crippen LogP contribution in [0.15, 0.2) is 42.5 Å². The third-order valence-electron chi connectivity index (χ3n) is 5.43. The summed E-state index contributed by atoms with van der Waals surface area (Å²) in [5.74, 6) is 1.20. The Kier molecular flexibility index (Phi) is 5.85. The molecule has 1 fully saturated rings. The summed E-state index contributed by atoms with van der Waals surface area (Å²) in [5, 5.41) is 0. The molecule has 0 spiro atoms. The van der Waals surface area contributed by atoms with E-state index in [-0.39, 0.29) is 18.4 Å². The van der Waals surface area contributed by atoms with Gasteiger partial charge in [-0.2, -0.15) is 0 Å². The van der Waals surface area contributed by atoms with Gasteiger partial charge in [0.25, 0.3) is 5.91 Å².